The quantitative estimate of drug-likeness (QED) is 0.792. The van der Waals surface area contributed by atoms with E-state index in [-0.39, 0.29) is 12.5 Å². The number of piperidine rings is 1. The molecule has 22 heavy (non-hydrogen) atoms. The predicted octanol–water partition coefficient (Wildman–Crippen LogP) is 2.48. The fourth-order valence-electron chi connectivity index (χ4n) is 2.26. The van der Waals surface area contributed by atoms with Gasteiger partial charge in [-0.3, -0.25) is 4.79 Å². The number of rotatable bonds is 2. The molecule has 1 aliphatic rings. The van der Waals surface area contributed by atoms with E-state index in [9.17, 15) is 14.7 Å². The predicted molar refractivity (Wildman–Crippen MR) is 82.5 cm³/mol. The van der Waals surface area contributed by atoms with Crippen LogP contribution in [0.25, 0.3) is 0 Å². The van der Waals surface area contributed by atoms with Crippen LogP contribution in [0.1, 0.15) is 60.8 Å². The van der Waals surface area contributed by atoms with E-state index in [0.717, 1.165) is 0 Å². The lowest BCUT2D eigenvalue weighted by Crippen LogP contribution is -2.49. The van der Waals surface area contributed by atoms with Crippen molar-refractivity contribution in [3.63, 3.8) is 0 Å². The van der Waals surface area contributed by atoms with Gasteiger partial charge in [0, 0.05) is 13.1 Å². The Morgan fingerprint density at radius 1 is 1.00 bits per heavy atom. The van der Waals surface area contributed by atoms with Crippen LogP contribution in [0.15, 0.2) is 0 Å². The average Bonchev–Trinajstić information content (AvgIpc) is 2.23. The van der Waals surface area contributed by atoms with E-state index >= 15 is 0 Å². The Hall–Kier alpha value is -1.30. The molecular formula is C16H29NO5. The number of likely N-dealkylation sites (tertiary alicyclic amines) is 1. The van der Waals surface area contributed by atoms with Crippen molar-refractivity contribution in [3.8, 4) is 0 Å². The Morgan fingerprint density at radius 3 is 1.86 bits per heavy atom. The molecule has 0 aromatic rings. The van der Waals surface area contributed by atoms with Crippen molar-refractivity contribution in [1.29, 1.82) is 0 Å². The molecule has 128 valence electrons. The molecule has 1 rings (SSSR count). The van der Waals surface area contributed by atoms with E-state index in [2.05, 4.69) is 0 Å². The minimum atomic E-state index is -1.11. The SMILES string of the molecule is CC(C)(C)OC(=O)CC1(O)CCN(C(=O)OC(C)(C)C)CC1. The molecule has 6 heteroatoms. The third kappa shape index (κ3) is 6.64. The number of nitrogens with zero attached hydrogens (tertiary/aromatic N) is 1. The Kier molecular flexibility index (Phi) is 5.49. The first-order valence-electron chi connectivity index (χ1n) is 7.72. The van der Waals surface area contributed by atoms with Crippen LogP contribution in [0.3, 0.4) is 0 Å². The molecule has 1 heterocycles. The lowest BCUT2D eigenvalue weighted by atomic mass is 9.88. The molecule has 1 aliphatic heterocycles. The monoisotopic (exact) mass is 315 g/mol. The largest absolute Gasteiger partial charge is 0.460 e. The van der Waals surface area contributed by atoms with Gasteiger partial charge in [-0.2, -0.15) is 0 Å². The molecule has 0 spiro atoms. The molecule has 6 nitrogen and oxygen atoms in total. The molecule has 0 aliphatic carbocycles. The van der Waals surface area contributed by atoms with E-state index in [1.54, 1.807) is 25.7 Å². The summed E-state index contributed by atoms with van der Waals surface area (Å²) in [6, 6.07) is 0. The van der Waals surface area contributed by atoms with Gasteiger partial charge in [0.25, 0.3) is 0 Å². The number of carbonyl (C=O) groups is 2. The van der Waals surface area contributed by atoms with Crippen LogP contribution in [-0.2, 0) is 14.3 Å². The summed E-state index contributed by atoms with van der Waals surface area (Å²) >= 11 is 0. The van der Waals surface area contributed by atoms with Crippen molar-refractivity contribution in [2.75, 3.05) is 13.1 Å². The van der Waals surface area contributed by atoms with Gasteiger partial charge in [0.1, 0.15) is 11.2 Å². The second kappa shape index (κ2) is 6.44. The summed E-state index contributed by atoms with van der Waals surface area (Å²) in [7, 11) is 0. The van der Waals surface area contributed by atoms with Gasteiger partial charge >= 0.3 is 12.1 Å². The van der Waals surface area contributed by atoms with Crippen LogP contribution in [-0.4, -0.2) is 52.0 Å². The van der Waals surface area contributed by atoms with E-state index in [1.807, 2.05) is 20.8 Å². The third-order valence-corrected chi connectivity index (χ3v) is 3.24. The molecule has 1 fully saturated rings. The molecule has 0 aromatic carbocycles. The lowest BCUT2D eigenvalue weighted by molar-refractivity contribution is -0.162. The summed E-state index contributed by atoms with van der Waals surface area (Å²) in [6.45, 7) is 11.6. The minimum absolute atomic E-state index is 0.0492. The number of amides is 1. The molecule has 0 aromatic heterocycles. The topological polar surface area (TPSA) is 76.1 Å². The maximum atomic E-state index is 12.0. The van der Waals surface area contributed by atoms with Crippen LogP contribution in [0.2, 0.25) is 0 Å². The summed E-state index contributed by atoms with van der Waals surface area (Å²) in [5, 5.41) is 10.5. The zero-order chi connectivity index (χ0) is 17.2. The fraction of sp³-hybridized carbons (Fsp3) is 0.875. The van der Waals surface area contributed by atoms with Crippen LogP contribution in [0.4, 0.5) is 4.79 Å². The highest BCUT2D eigenvalue weighted by molar-refractivity contribution is 5.71. The lowest BCUT2D eigenvalue weighted by Gasteiger charge is -2.38. The van der Waals surface area contributed by atoms with E-state index in [4.69, 9.17) is 9.47 Å². The second-order valence-electron chi connectivity index (χ2n) is 7.95. The normalized spacial score (nSPS) is 18.8. The minimum Gasteiger partial charge on any atom is -0.460 e. The smallest absolute Gasteiger partial charge is 0.410 e. The summed E-state index contributed by atoms with van der Waals surface area (Å²) in [5.74, 6) is -0.416. The molecule has 0 radical (unpaired) electrons. The Morgan fingerprint density at radius 2 is 1.45 bits per heavy atom. The van der Waals surface area contributed by atoms with Gasteiger partial charge in [-0.15, -0.1) is 0 Å². The fourth-order valence-corrected chi connectivity index (χ4v) is 2.26. The van der Waals surface area contributed by atoms with Crippen molar-refractivity contribution in [1.82, 2.24) is 4.90 Å². The van der Waals surface area contributed by atoms with Crippen LogP contribution >= 0.6 is 0 Å². The number of ether oxygens (including phenoxy) is 2. The molecule has 0 bridgehead atoms. The van der Waals surface area contributed by atoms with E-state index < -0.39 is 22.8 Å². The molecular weight excluding hydrogens is 286 g/mol. The molecule has 1 amide bonds. The van der Waals surface area contributed by atoms with Gasteiger partial charge in [-0.25, -0.2) is 4.79 Å². The summed E-state index contributed by atoms with van der Waals surface area (Å²) in [5.41, 5.74) is -2.22. The van der Waals surface area contributed by atoms with Crippen molar-refractivity contribution in [3.05, 3.63) is 0 Å². The van der Waals surface area contributed by atoms with Crippen LogP contribution in [0, 0.1) is 0 Å². The van der Waals surface area contributed by atoms with Gasteiger partial charge in [0.15, 0.2) is 0 Å². The van der Waals surface area contributed by atoms with E-state index in [0.29, 0.717) is 25.9 Å². The molecule has 0 atom stereocenters. The van der Waals surface area contributed by atoms with Gasteiger partial charge in [0.2, 0.25) is 0 Å². The summed E-state index contributed by atoms with van der Waals surface area (Å²) in [4.78, 5) is 25.4. The number of esters is 1. The molecule has 0 saturated carbocycles. The van der Waals surface area contributed by atoms with Crippen LogP contribution < -0.4 is 0 Å². The van der Waals surface area contributed by atoms with Crippen molar-refractivity contribution in [2.24, 2.45) is 0 Å². The summed E-state index contributed by atoms with van der Waals surface area (Å²) in [6.07, 6.45) is 0.246. The Balaban J connectivity index is 2.49. The highest BCUT2D eigenvalue weighted by atomic mass is 16.6. The number of aliphatic hydroxyl groups is 1. The Labute approximate surface area is 132 Å². The standard InChI is InChI=1S/C16H29NO5/c1-14(2,3)21-12(18)11-16(20)7-9-17(10-8-16)13(19)22-15(4,5)6/h20H,7-11H2,1-6H3. The maximum Gasteiger partial charge on any atom is 0.410 e. The first-order valence-corrected chi connectivity index (χ1v) is 7.72. The molecule has 0 unspecified atom stereocenters. The maximum absolute atomic E-state index is 12.0. The first kappa shape index (κ1) is 18.7. The number of hydrogen-bond acceptors (Lipinski definition) is 5. The number of carbonyl (C=O) groups excluding carboxylic acids is 2. The summed E-state index contributed by atoms with van der Waals surface area (Å²) < 4.78 is 10.5. The number of hydrogen-bond donors (Lipinski definition) is 1. The molecule has 1 saturated heterocycles. The third-order valence-electron chi connectivity index (χ3n) is 3.24. The van der Waals surface area contributed by atoms with Crippen molar-refractivity contribution in [2.45, 2.75) is 77.6 Å². The van der Waals surface area contributed by atoms with Gasteiger partial charge in [0.05, 0.1) is 12.0 Å². The van der Waals surface area contributed by atoms with Gasteiger partial charge < -0.3 is 19.5 Å². The van der Waals surface area contributed by atoms with Crippen molar-refractivity contribution < 1.29 is 24.2 Å². The van der Waals surface area contributed by atoms with E-state index in [1.165, 1.54) is 0 Å². The second-order valence-corrected chi connectivity index (χ2v) is 7.95. The van der Waals surface area contributed by atoms with Crippen LogP contribution in [0.5, 0.6) is 0 Å². The first-order chi connectivity index (χ1) is 9.80. The van der Waals surface area contributed by atoms with Gasteiger partial charge in [-0.1, -0.05) is 0 Å². The van der Waals surface area contributed by atoms with Crippen molar-refractivity contribution >= 4 is 12.1 Å². The van der Waals surface area contributed by atoms with Gasteiger partial charge in [-0.05, 0) is 54.4 Å². The highest BCUT2D eigenvalue weighted by Gasteiger charge is 2.38. The molecule has 1 N–H and O–H groups in total. The zero-order valence-corrected chi connectivity index (χ0v) is 14.6. The highest BCUT2D eigenvalue weighted by Crippen LogP contribution is 2.27. The Bertz CT molecular complexity index is 411. The average molecular weight is 315 g/mol. The zero-order valence-electron chi connectivity index (χ0n) is 14.6.